The third-order valence-electron chi connectivity index (χ3n) is 5.42. The fourth-order valence-electron chi connectivity index (χ4n) is 3.62. The van der Waals surface area contributed by atoms with E-state index in [0.717, 1.165) is 16.5 Å². The zero-order chi connectivity index (χ0) is 21.8. The first-order valence-corrected chi connectivity index (χ1v) is 10.3. The zero-order valence-corrected chi connectivity index (χ0v) is 17.7. The first kappa shape index (κ1) is 20.6. The van der Waals surface area contributed by atoms with Crippen molar-refractivity contribution in [1.29, 1.82) is 0 Å². The molecule has 1 aromatic heterocycles. The number of fused-ring (bicyclic) bond motifs is 2. The Morgan fingerprint density at radius 3 is 2.55 bits per heavy atom. The van der Waals surface area contributed by atoms with Crippen LogP contribution in [0.15, 0.2) is 71.5 Å². The van der Waals surface area contributed by atoms with Crippen molar-refractivity contribution in [2.24, 2.45) is 7.05 Å². The van der Waals surface area contributed by atoms with Crippen molar-refractivity contribution >= 4 is 27.6 Å². The van der Waals surface area contributed by atoms with E-state index in [4.69, 9.17) is 4.74 Å². The number of nitrogens with zero attached hydrogens (tertiary/aromatic N) is 3. The second-order valence-corrected chi connectivity index (χ2v) is 7.59. The molecule has 0 radical (unpaired) electrons. The molecule has 0 saturated carbocycles. The second-order valence-electron chi connectivity index (χ2n) is 7.59. The number of hydrogen-bond donors (Lipinski definition) is 0. The zero-order valence-electron chi connectivity index (χ0n) is 17.7. The molecule has 0 spiro atoms. The third-order valence-corrected chi connectivity index (χ3v) is 5.42. The van der Waals surface area contributed by atoms with Crippen molar-refractivity contribution in [1.82, 2.24) is 14.5 Å². The minimum absolute atomic E-state index is 0.0103. The summed E-state index contributed by atoms with van der Waals surface area (Å²) in [4.78, 5) is 31.3. The Labute approximate surface area is 180 Å². The lowest BCUT2D eigenvalue weighted by molar-refractivity contribution is -0.130. The molecule has 0 aliphatic carbocycles. The molecular formula is C25H25N3O3. The van der Waals surface area contributed by atoms with Crippen LogP contribution in [0.2, 0.25) is 0 Å². The largest absolute Gasteiger partial charge is 0.493 e. The summed E-state index contributed by atoms with van der Waals surface area (Å²) in [5, 5.41) is 2.77. The molecule has 1 heterocycles. The number of carbonyl (C=O) groups excluding carboxylic acids is 1. The van der Waals surface area contributed by atoms with Crippen LogP contribution in [0.25, 0.3) is 21.7 Å². The van der Waals surface area contributed by atoms with Crippen LogP contribution in [-0.2, 0) is 18.4 Å². The molecule has 31 heavy (non-hydrogen) atoms. The summed E-state index contributed by atoms with van der Waals surface area (Å²) in [7, 11) is 3.42. The maximum absolute atomic E-state index is 12.6. The number of amides is 1. The van der Waals surface area contributed by atoms with Crippen molar-refractivity contribution in [3.05, 3.63) is 82.9 Å². The monoisotopic (exact) mass is 415 g/mol. The molecule has 0 fully saturated rings. The van der Waals surface area contributed by atoms with Gasteiger partial charge in [0.05, 0.1) is 24.1 Å². The van der Waals surface area contributed by atoms with Gasteiger partial charge in [-0.2, -0.15) is 0 Å². The van der Waals surface area contributed by atoms with E-state index in [1.165, 1.54) is 4.57 Å². The lowest BCUT2D eigenvalue weighted by Gasteiger charge is -2.19. The van der Waals surface area contributed by atoms with Crippen LogP contribution in [0.1, 0.15) is 18.7 Å². The quantitative estimate of drug-likeness (QED) is 0.430. The van der Waals surface area contributed by atoms with E-state index >= 15 is 0 Å². The molecule has 158 valence electrons. The Morgan fingerprint density at radius 1 is 1.00 bits per heavy atom. The maximum atomic E-state index is 12.6. The minimum atomic E-state index is -0.107. The molecule has 0 aliphatic heterocycles. The molecule has 0 aliphatic rings. The van der Waals surface area contributed by atoms with E-state index in [0.29, 0.717) is 36.2 Å². The Kier molecular flexibility index (Phi) is 5.98. The average Bonchev–Trinajstić information content (AvgIpc) is 2.80. The molecule has 6 nitrogen and oxygen atoms in total. The molecule has 0 unspecified atom stereocenters. The van der Waals surface area contributed by atoms with Gasteiger partial charge in [-0.25, -0.2) is 4.98 Å². The minimum Gasteiger partial charge on any atom is -0.493 e. The highest BCUT2D eigenvalue weighted by atomic mass is 16.5. The van der Waals surface area contributed by atoms with Gasteiger partial charge in [0.15, 0.2) is 0 Å². The highest BCUT2D eigenvalue weighted by molar-refractivity contribution is 5.88. The van der Waals surface area contributed by atoms with Crippen molar-refractivity contribution in [2.45, 2.75) is 19.4 Å². The van der Waals surface area contributed by atoms with Crippen LogP contribution in [0, 0.1) is 0 Å². The fraction of sp³-hybridized carbons (Fsp3) is 0.240. The highest BCUT2D eigenvalue weighted by Crippen LogP contribution is 2.25. The number of benzene rings is 3. The van der Waals surface area contributed by atoms with Crippen LogP contribution in [0.3, 0.4) is 0 Å². The van der Waals surface area contributed by atoms with Crippen molar-refractivity contribution < 1.29 is 9.53 Å². The number of hydrogen-bond acceptors (Lipinski definition) is 4. The van der Waals surface area contributed by atoms with Gasteiger partial charge in [0.25, 0.3) is 5.56 Å². The van der Waals surface area contributed by atoms with Gasteiger partial charge in [0.1, 0.15) is 11.6 Å². The summed E-state index contributed by atoms with van der Waals surface area (Å²) in [5.41, 5.74) is 0.537. The molecule has 6 heteroatoms. The van der Waals surface area contributed by atoms with Gasteiger partial charge in [-0.1, -0.05) is 48.5 Å². The molecule has 0 atom stereocenters. The summed E-state index contributed by atoms with van der Waals surface area (Å²) in [6.07, 6.45) is 0.971. The van der Waals surface area contributed by atoms with Gasteiger partial charge >= 0.3 is 0 Å². The molecule has 4 rings (SSSR count). The van der Waals surface area contributed by atoms with E-state index < -0.39 is 0 Å². The maximum Gasteiger partial charge on any atom is 0.261 e. The molecule has 1 amide bonds. The van der Waals surface area contributed by atoms with Crippen LogP contribution in [0.5, 0.6) is 5.75 Å². The Balaban J connectivity index is 1.34. The summed E-state index contributed by atoms with van der Waals surface area (Å²) in [5.74, 6) is 1.38. The summed E-state index contributed by atoms with van der Waals surface area (Å²) >= 11 is 0. The van der Waals surface area contributed by atoms with Gasteiger partial charge in [-0.15, -0.1) is 0 Å². The topological polar surface area (TPSA) is 64.4 Å². The molecular weight excluding hydrogens is 390 g/mol. The van der Waals surface area contributed by atoms with Gasteiger partial charge in [0.2, 0.25) is 5.91 Å². The SMILES string of the molecule is CN(Cc1nc2ccccc2c(=O)n1C)C(=O)CCCOc1cccc2ccccc12. The van der Waals surface area contributed by atoms with Crippen LogP contribution >= 0.6 is 0 Å². The Bertz CT molecular complexity index is 1290. The summed E-state index contributed by atoms with van der Waals surface area (Å²) in [6, 6.07) is 21.3. The van der Waals surface area contributed by atoms with Crippen molar-refractivity contribution in [3.63, 3.8) is 0 Å². The van der Waals surface area contributed by atoms with Crippen LogP contribution in [-0.4, -0.2) is 34.0 Å². The van der Waals surface area contributed by atoms with Crippen molar-refractivity contribution in [3.8, 4) is 5.75 Å². The lowest BCUT2D eigenvalue weighted by atomic mass is 10.1. The van der Waals surface area contributed by atoms with Crippen LogP contribution in [0.4, 0.5) is 0 Å². The Hall–Kier alpha value is -3.67. The summed E-state index contributed by atoms with van der Waals surface area (Å²) < 4.78 is 7.43. The lowest BCUT2D eigenvalue weighted by Crippen LogP contribution is -2.31. The van der Waals surface area contributed by atoms with Gasteiger partial charge in [-0.05, 0) is 30.0 Å². The van der Waals surface area contributed by atoms with Gasteiger partial charge in [-0.3, -0.25) is 14.2 Å². The normalized spacial score (nSPS) is 11.0. The predicted molar refractivity (Wildman–Crippen MR) is 122 cm³/mol. The average molecular weight is 415 g/mol. The molecule has 0 saturated heterocycles. The van der Waals surface area contributed by atoms with Gasteiger partial charge in [0, 0.05) is 25.9 Å². The molecule has 4 aromatic rings. The molecule has 0 N–H and O–H groups in total. The standard InChI is InChI=1S/C25H25N3O3/c1-27(17-23-26-21-13-6-5-12-20(21)25(30)28(23)2)24(29)15-8-16-31-22-14-7-10-18-9-3-4-11-19(18)22/h3-7,9-14H,8,15-17H2,1-2H3. The van der Waals surface area contributed by atoms with Crippen molar-refractivity contribution in [2.75, 3.05) is 13.7 Å². The third kappa shape index (κ3) is 4.43. The first-order chi connectivity index (χ1) is 15.0. The predicted octanol–water partition coefficient (Wildman–Crippen LogP) is 3.90. The van der Waals surface area contributed by atoms with Crippen LogP contribution < -0.4 is 10.3 Å². The molecule has 3 aromatic carbocycles. The Morgan fingerprint density at radius 2 is 1.71 bits per heavy atom. The van der Waals surface area contributed by atoms with E-state index in [1.807, 2.05) is 48.5 Å². The van der Waals surface area contributed by atoms with E-state index in [9.17, 15) is 9.59 Å². The van der Waals surface area contributed by atoms with E-state index in [-0.39, 0.29) is 18.0 Å². The first-order valence-electron chi connectivity index (χ1n) is 10.3. The number of para-hydroxylation sites is 1. The number of carbonyl (C=O) groups is 1. The summed E-state index contributed by atoms with van der Waals surface area (Å²) in [6.45, 7) is 0.736. The number of aromatic nitrogens is 2. The highest BCUT2D eigenvalue weighted by Gasteiger charge is 2.14. The smallest absolute Gasteiger partial charge is 0.261 e. The molecule has 0 bridgehead atoms. The van der Waals surface area contributed by atoms with E-state index in [1.54, 1.807) is 25.1 Å². The number of rotatable bonds is 7. The number of ether oxygens (including phenoxy) is 1. The fourth-order valence-corrected chi connectivity index (χ4v) is 3.62. The second kappa shape index (κ2) is 9.00. The van der Waals surface area contributed by atoms with Gasteiger partial charge < -0.3 is 9.64 Å². The van der Waals surface area contributed by atoms with E-state index in [2.05, 4.69) is 17.1 Å².